The van der Waals surface area contributed by atoms with Crippen LogP contribution in [0.25, 0.3) is 11.1 Å². The molecule has 0 radical (unpaired) electrons. The van der Waals surface area contributed by atoms with Gasteiger partial charge in [0.2, 0.25) is 0 Å². The van der Waals surface area contributed by atoms with Crippen molar-refractivity contribution in [3.63, 3.8) is 0 Å². The Bertz CT molecular complexity index is 1100. The van der Waals surface area contributed by atoms with Crippen molar-refractivity contribution in [2.24, 2.45) is 0 Å². The van der Waals surface area contributed by atoms with E-state index in [0.29, 0.717) is 0 Å². The molecule has 0 amide bonds. The molecule has 6 N–H and O–H groups in total. The summed E-state index contributed by atoms with van der Waals surface area (Å²) >= 11 is 0. The zero-order chi connectivity index (χ0) is 22.2. The van der Waals surface area contributed by atoms with Crippen molar-refractivity contribution in [2.75, 3.05) is 6.61 Å². The van der Waals surface area contributed by atoms with Crippen molar-refractivity contribution >= 4 is 13.8 Å². The van der Waals surface area contributed by atoms with Crippen LogP contribution in [-0.2, 0) is 13.8 Å². The molecule has 1 aromatic heterocycles. The zero-order valence-electron chi connectivity index (χ0n) is 15.0. The summed E-state index contributed by atoms with van der Waals surface area (Å²) in [4.78, 5) is 55.0. The van der Waals surface area contributed by atoms with Gasteiger partial charge in [-0.05, 0) is 17.7 Å². The summed E-state index contributed by atoms with van der Waals surface area (Å²) < 4.78 is 21.2. The van der Waals surface area contributed by atoms with Crippen molar-refractivity contribution in [3.8, 4) is 11.1 Å². The third-order valence-corrected chi connectivity index (χ3v) is 4.91. The SMILES string of the molecule is O=C(O)c1ccc(-c2cn([C@@H]3O[C@H](COP(=O)(O)O)[C@@H](O)[C@H]3O)c(=O)[nH]c2=O)cc1. The molecule has 2 aromatic rings. The van der Waals surface area contributed by atoms with Gasteiger partial charge in [-0.1, -0.05) is 12.1 Å². The Labute approximate surface area is 167 Å². The Morgan fingerprint density at radius 2 is 1.80 bits per heavy atom. The number of benzene rings is 1. The lowest BCUT2D eigenvalue weighted by Crippen LogP contribution is -2.38. The number of nitrogens with zero attached hydrogens (tertiary/aromatic N) is 1. The molecule has 1 saturated heterocycles. The summed E-state index contributed by atoms with van der Waals surface area (Å²) in [5.74, 6) is -1.17. The molecule has 162 valence electrons. The lowest BCUT2D eigenvalue weighted by Gasteiger charge is -2.18. The van der Waals surface area contributed by atoms with E-state index in [-0.39, 0.29) is 16.7 Å². The van der Waals surface area contributed by atoms with Crippen LogP contribution in [-0.4, -0.2) is 65.5 Å². The van der Waals surface area contributed by atoms with Gasteiger partial charge in [0.1, 0.15) is 18.3 Å². The molecule has 0 bridgehead atoms. The maximum atomic E-state index is 12.2. The van der Waals surface area contributed by atoms with Crippen molar-refractivity contribution in [1.82, 2.24) is 9.55 Å². The predicted octanol–water partition coefficient (Wildman–Crippen LogP) is -1.37. The molecule has 13 nitrogen and oxygen atoms in total. The van der Waals surface area contributed by atoms with E-state index < -0.39 is 56.2 Å². The number of aromatic nitrogens is 2. The third kappa shape index (κ3) is 4.57. The molecule has 30 heavy (non-hydrogen) atoms. The van der Waals surface area contributed by atoms with E-state index in [1.54, 1.807) is 0 Å². The molecule has 0 unspecified atom stereocenters. The molecule has 0 spiro atoms. The number of H-pyrrole nitrogens is 1. The minimum Gasteiger partial charge on any atom is -0.478 e. The molecule has 14 heteroatoms. The fourth-order valence-corrected chi connectivity index (χ4v) is 3.28. The number of rotatable bonds is 6. The first kappa shape index (κ1) is 22.1. The quantitative estimate of drug-likeness (QED) is 0.286. The van der Waals surface area contributed by atoms with Gasteiger partial charge in [0.15, 0.2) is 6.23 Å². The maximum Gasteiger partial charge on any atom is 0.469 e. The van der Waals surface area contributed by atoms with Gasteiger partial charge in [-0.25, -0.2) is 14.2 Å². The number of aliphatic hydroxyl groups excluding tert-OH is 2. The van der Waals surface area contributed by atoms with Crippen molar-refractivity contribution in [1.29, 1.82) is 0 Å². The number of carboxylic acids is 1. The van der Waals surface area contributed by atoms with Gasteiger partial charge in [0.05, 0.1) is 17.7 Å². The number of aliphatic hydroxyl groups is 2. The van der Waals surface area contributed by atoms with Crippen LogP contribution < -0.4 is 11.2 Å². The number of carbonyl (C=O) groups is 1. The van der Waals surface area contributed by atoms with E-state index >= 15 is 0 Å². The van der Waals surface area contributed by atoms with Gasteiger partial charge in [-0.3, -0.25) is 18.9 Å². The van der Waals surface area contributed by atoms with Gasteiger partial charge in [0, 0.05) is 6.20 Å². The standard InChI is InChI=1S/C16H17N2O11P/c19-11-10(6-28-30(25,26)27)29-14(12(11)20)18-5-9(13(21)17-16(18)24)7-1-3-8(4-2-7)15(22)23/h1-5,10-12,14,19-20H,6H2,(H,22,23)(H,17,21,24)(H2,25,26,27)/t10-,11-,12-,14-/m1/s1. The van der Waals surface area contributed by atoms with E-state index in [0.717, 1.165) is 10.8 Å². The number of nitrogens with one attached hydrogen (secondary N) is 1. The second-order valence-corrected chi connectivity index (χ2v) is 7.66. The third-order valence-electron chi connectivity index (χ3n) is 4.43. The van der Waals surface area contributed by atoms with Crippen LogP contribution in [0.4, 0.5) is 0 Å². The molecule has 1 aliphatic heterocycles. The molecule has 0 aliphatic carbocycles. The summed E-state index contributed by atoms with van der Waals surface area (Å²) in [6.45, 7) is -0.763. The fourth-order valence-electron chi connectivity index (χ4n) is 2.94. The lowest BCUT2D eigenvalue weighted by molar-refractivity contribution is -0.0542. The molecule has 2 heterocycles. The molecule has 3 rings (SSSR count). The number of hydrogen-bond donors (Lipinski definition) is 6. The van der Waals surface area contributed by atoms with Crippen LogP contribution >= 0.6 is 7.82 Å². The van der Waals surface area contributed by atoms with Crippen LogP contribution in [0.15, 0.2) is 40.1 Å². The minimum absolute atomic E-state index is 0.0194. The number of phosphoric acid groups is 1. The van der Waals surface area contributed by atoms with Crippen LogP contribution in [0.5, 0.6) is 0 Å². The van der Waals surface area contributed by atoms with E-state index in [9.17, 15) is 29.2 Å². The molecule has 1 aliphatic rings. The van der Waals surface area contributed by atoms with Gasteiger partial charge in [-0.15, -0.1) is 0 Å². The molecule has 1 fully saturated rings. The van der Waals surface area contributed by atoms with Crippen LogP contribution in [0.3, 0.4) is 0 Å². The van der Waals surface area contributed by atoms with E-state index in [1.165, 1.54) is 24.3 Å². The number of phosphoric ester groups is 1. The van der Waals surface area contributed by atoms with Crippen LogP contribution in [0.1, 0.15) is 16.6 Å². The Hall–Kier alpha value is -2.64. The zero-order valence-corrected chi connectivity index (χ0v) is 15.9. The Morgan fingerprint density at radius 3 is 2.37 bits per heavy atom. The average molecular weight is 444 g/mol. The second kappa shape index (κ2) is 8.24. The smallest absolute Gasteiger partial charge is 0.469 e. The van der Waals surface area contributed by atoms with Crippen LogP contribution in [0, 0.1) is 0 Å². The van der Waals surface area contributed by atoms with E-state index in [2.05, 4.69) is 4.52 Å². The highest BCUT2D eigenvalue weighted by molar-refractivity contribution is 7.46. The topological polar surface area (TPSA) is 209 Å². The first-order valence-electron chi connectivity index (χ1n) is 8.39. The van der Waals surface area contributed by atoms with Gasteiger partial charge >= 0.3 is 19.5 Å². The van der Waals surface area contributed by atoms with Gasteiger partial charge in [-0.2, -0.15) is 0 Å². The van der Waals surface area contributed by atoms with Crippen LogP contribution in [0.2, 0.25) is 0 Å². The highest BCUT2D eigenvalue weighted by atomic mass is 31.2. The van der Waals surface area contributed by atoms with Crippen molar-refractivity contribution < 1.29 is 43.7 Å². The van der Waals surface area contributed by atoms with E-state index in [1.807, 2.05) is 4.98 Å². The summed E-state index contributed by atoms with van der Waals surface area (Å²) in [5, 5.41) is 29.2. The Morgan fingerprint density at radius 1 is 1.17 bits per heavy atom. The number of aromatic amines is 1. The average Bonchev–Trinajstić information content (AvgIpc) is 2.94. The number of aromatic carboxylic acids is 1. The second-order valence-electron chi connectivity index (χ2n) is 6.42. The number of hydrogen-bond acceptors (Lipinski definition) is 8. The largest absolute Gasteiger partial charge is 0.478 e. The summed E-state index contributed by atoms with van der Waals surface area (Å²) in [5.41, 5.74) is -1.56. The molecular weight excluding hydrogens is 427 g/mol. The highest BCUT2D eigenvalue weighted by Crippen LogP contribution is 2.38. The summed E-state index contributed by atoms with van der Waals surface area (Å²) in [6, 6.07) is 5.21. The van der Waals surface area contributed by atoms with Crippen molar-refractivity contribution in [3.05, 3.63) is 56.9 Å². The Kier molecular flexibility index (Phi) is 6.06. The lowest BCUT2D eigenvalue weighted by atomic mass is 10.1. The molecule has 4 atom stereocenters. The summed E-state index contributed by atoms with van der Waals surface area (Å²) in [7, 11) is -4.86. The predicted molar refractivity (Wildman–Crippen MR) is 97.6 cm³/mol. The first-order chi connectivity index (χ1) is 14.0. The normalized spacial score (nSPS) is 24.1. The number of ether oxygens (including phenoxy) is 1. The minimum atomic E-state index is -4.86. The Balaban J connectivity index is 1.93. The van der Waals surface area contributed by atoms with E-state index in [4.69, 9.17) is 19.6 Å². The fraction of sp³-hybridized carbons (Fsp3) is 0.312. The molecule has 0 saturated carbocycles. The highest BCUT2D eigenvalue weighted by Gasteiger charge is 2.45. The van der Waals surface area contributed by atoms with Gasteiger partial charge < -0.3 is 29.8 Å². The molecule has 1 aromatic carbocycles. The maximum absolute atomic E-state index is 12.2. The first-order valence-corrected chi connectivity index (χ1v) is 9.92. The number of carboxylic acid groups (broad SMARTS) is 1. The monoisotopic (exact) mass is 444 g/mol. The van der Waals surface area contributed by atoms with Gasteiger partial charge in [0.25, 0.3) is 5.56 Å². The summed E-state index contributed by atoms with van der Waals surface area (Å²) in [6.07, 6.45) is -5.12. The van der Waals surface area contributed by atoms with Crippen molar-refractivity contribution in [2.45, 2.75) is 24.5 Å². The molecular formula is C16H17N2O11P.